The molecule has 98 valence electrons. The fourth-order valence-electron chi connectivity index (χ4n) is 1.51. The van der Waals surface area contributed by atoms with Crippen molar-refractivity contribution < 1.29 is 8.42 Å². The highest BCUT2D eigenvalue weighted by atomic mass is 35.5. The molecule has 6 heteroatoms. The van der Waals surface area contributed by atoms with Crippen molar-refractivity contribution in [1.82, 2.24) is 0 Å². The van der Waals surface area contributed by atoms with Gasteiger partial charge in [0.15, 0.2) is 9.84 Å². The van der Waals surface area contributed by atoms with Crippen molar-refractivity contribution in [2.75, 3.05) is 6.26 Å². The molecular formula is C12H14ClNO2S2. The summed E-state index contributed by atoms with van der Waals surface area (Å²) in [5.74, 6) is 0. The number of sulfone groups is 1. The first kappa shape index (κ1) is 15.2. The minimum absolute atomic E-state index is 0. The summed E-state index contributed by atoms with van der Waals surface area (Å²) in [6.45, 7) is 0.534. The average Bonchev–Trinajstić information content (AvgIpc) is 2.76. The van der Waals surface area contributed by atoms with Crippen LogP contribution in [0.2, 0.25) is 0 Å². The van der Waals surface area contributed by atoms with E-state index in [-0.39, 0.29) is 12.4 Å². The van der Waals surface area contributed by atoms with Crippen molar-refractivity contribution in [1.29, 1.82) is 0 Å². The lowest BCUT2D eigenvalue weighted by molar-refractivity contribution is 0.602. The van der Waals surface area contributed by atoms with E-state index in [1.54, 1.807) is 23.5 Å². The first-order chi connectivity index (χ1) is 8.00. The van der Waals surface area contributed by atoms with Crippen LogP contribution in [0.1, 0.15) is 4.88 Å². The van der Waals surface area contributed by atoms with Crippen molar-refractivity contribution in [2.45, 2.75) is 11.4 Å². The normalized spacial score (nSPS) is 11.0. The first-order valence-corrected chi connectivity index (χ1v) is 7.81. The van der Waals surface area contributed by atoms with Gasteiger partial charge >= 0.3 is 0 Å². The molecule has 0 saturated carbocycles. The molecule has 1 heterocycles. The molecule has 0 spiro atoms. The standard InChI is InChI=1S/C12H13NO2S2.ClH/c1-17(14,15)11-5-2-9(3-6-11)12-7-4-10(8-13)16-12;/h2-7H,8,13H2,1H3;1H. The molecule has 0 amide bonds. The molecule has 0 saturated heterocycles. The van der Waals surface area contributed by atoms with Crippen LogP contribution in [0, 0.1) is 0 Å². The summed E-state index contributed by atoms with van der Waals surface area (Å²) in [6.07, 6.45) is 1.21. The number of hydrogen-bond acceptors (Lipinski definition) is 4. The molecule has 18 heavy (non-hydrogen) atoms. The highest BCUT2D eigenvalue weighted by Crippen LogP contribution is 2.28. The van der Waals surface area contributed by atoms with E-state index in [9.17, 15) is 8.42 Å². The van der Waals surface area contributed by atoms with E-state index in [0.29, 0.717) is 11.4 Å². The van der Waals surface area contributed by atoms with E-state index in [2.05, 4.69) is 0 Å². The van der Waals surface area contributed by atoms with Gasteiger partial charge in [0.1, 0.15) is 0 Å². The smallest absolute Gasteiger partial charge is 0.175 e. The van der Waals surface area contributed by atoms with Gasteiger partial charge in [0.2, 0.25) is 0 Å². The van der Waals surface area contributed by atoms with Crippen molar-refractivity contribution in [3.8, 4) is 10.4 Å². The van der Waals surface area contributed by atoms with Gasteiger partial charge in [-0.2, -0.15) is 0 Å². The monoisotopic (exact) mass is 303 g/mol. The molecular weight excluding hydrogens is 290 g/mol. The third-order valence-corrected chi connectivity index (χ3v) is 4.71. The number of nitrogens with two attached hydrogens (primary N) is 1. The lowest BCUT2D eigenvalue weighted by Crippen LogP contribution is -1.95. The highest BCUT2D eigenvalue weighted by molar-refractivity contribution is 7.90. The fraction of sp³-hybridized carbons (Fsp3) is 0.167. The molecule has 0 bridgehead atoms. The zero-order chi connectivity index (χ0) is 12.5. The topological polar surface area (TPSA) is 60.2 Å². The Kier molecular flexibility index (Phi) is 4.92. The van der Waals surface area contributed by atoms with E-state index < -0.39 is 9.84 Å². The molecule has 0 fully saturated rings. The second kappa shape index (κ2) is 5.84. The minimum Gasteiger partial charge on any atom is -0.326 e. The molecule has 0 radical (unpaired) electrons. The lowest BCUT2D eigenvalue weighted by atomic mass is 10.2. The van der Waals surface area contributed by atoms with Crippen molar-refractivity contribution in [3.63, 3.8) is 0 Å². The molecule has 1 aromatic heterocycles. The maximum Gasteiger partial charge on any atom is 0.175 e. The summed E-state index contributed by atoms with van der Waals surface area (Å²) in [6, 6.07) is 10.9. The zero-order valence-electron chi connectivity index (χ0n) is 9.79. The molecule has 0 aliphatic rings. The molecule has 2 N–H and O–H groups in total. The fourth-order valence-corrected chi connectivity index (χ4v) is 3.03. The Balaban J connectivity index is 0.00000162. The summed E-state index contributed by atoms with van der Waals surface area (Å²) in [5.41, 5.74) is 6.57. The lowest BCUT2D eigenvalue weighted by Gasteiger charge is -2.00. The minimum atomic E-state index is -3.12. The summed E-state index contributed by atoms with van der Waals surface area (Å²) in [4.78, 5) is 2.56. The molecule has 3 nitrogen and oxygen atoms in total. The second-order valence-electron chi connectivity index (χ2n) is 3.77. The first-order valence-electron chi connectivity index (χ1n) is 5.10. The zero-order valence-corrected chi connectivity index (χ0v) is 12.2. The summed E-state index contributed by atoms with van der Waals surface area (Å²) >= 11 is 1.62. The molecule has 2 aromatic rings. The van der Waals surface area contributed by atoms with Gasteiger partial charge in [0.25, 0.3) is 0 Å². The third kappa shape index (κ3) is 3.32. The Labute approximate surface area is 117 Å². The number of benzene rings is 1. The van der Waals surface area contributed by atoms with Gasteiger partial charge in [0, 0.05) is 22.6 Å². The molecule has 0 aliphatic heterocycles. The highest BCUT2D eigenvalue weighted by Gasteiger charge is 2.07. The van der Waals surface area contributed by atoms with Gasteiger partial charge in [-0.15, -0.1) is 23.7 Å². The van der Waals surface area contributed by atoms with Crippen LogP contribution in [0.3, 0.4) is 0 Å². The number of halogens is 1. The van der Waals surface area contributed by atoms with Crippen LogP contribution in [0.25, 0.3) is 10.4 Å². The van der Waals surface area contributed by atoms with Crippen molar-refractivity contribution in [2.24, 2.45) is 5.73 Å². The van der Waals surface area contributed by atoms with Crippen LogP contribution < -0.4 is 5.73 Å². The average molecular weight is 304 g/mol. The van der Waals surface area contributed by atoms with Gasteiger partial charge in [-0.3, -0.25) is 0 Å². The Bertz CT molecular complexity index is 618. The molecule has 2 rings (SSSR count). The van der Waals surface area contributed by atoms with E-state index in [0.717, 1.165) is 15.3 Å². The summed E-state index contributed by atoms with van der Waals surface area (Å²) < 4.78 is 22.6. The summed E-state index contributed by atoms with van der Waals surface area (Å²) in [5, 5.41) is 0. The Morgan fingerprint density at radius 3 is 2.17 bits per heavy atom. The van der Waals surface area contributed by atoms with Gasteiger partial charge in [-0.1, -0.05) is 12.1 Å². The van der Waals surface area contributed by atoms with Gasteiger partial charge < -0.3 is 5.73 Å². The maximum atomic E-state index is 11.3. The van der Waals surface area contributed by atoms with Gasteiger partial charge in [-0.05, 0) is 29.8 Å². The van der Waals surface area contributed by atoms with E-state index in [1.165, 1.54) is 6.26 Å². The van der Waals surface area contributed by atoms with Crippen LogP contribution >= 0.6 is 23.7 Å². The van der Waals surface area contributed by atoms with Crippen LogP contribution in [0.5, 0.6) is 0 Å². The maximum absolute atomic E-state index is 11.3. The van der Waals surface area contributed by atoms with E-state index in [4.69, 9.17) is 5.73 Å². The van der Waals surface area contributed by atoms with Crippen LogP contribution in [-0.4, -0.2) is 14.7 Å². The second-order valence-corrected chi connectivity index (χ2v) is 6.95. The van der Waals surface area contributed by atoms with Crippen LogP contribution in [0.15, 0.2) is 41.3 Å². The predicted octanol–water partition coefficient (Wildman–Crippen LogP) is 2.70. The molecule has 0 atom stereocenters. The summed E-state index contributed by atoms with van der Waals surface area (Å²) in [7, 11) is -3.12. The van der Waals surface area contributed by atoms with Crippen molar-refractivity contribution in [3.05, 3.63) is 41.3 Å². The molecule has 0 unspecified atom stereocenters. The van der Waals surface area contributed by atoms with E-state index in [1.807, 2.05) is 24.3 Å². The number of hydrogen-bond donors (Lipinski definition) is 1. The largest absolute Gasteiger partial charge is 0.326 e. The van der Waals surface area contributed by atoms with Gasteiger partial charge in [0.05, 0.1) is 4.90 Å². The van der Waals surface area contributed by atoms with Crippen molar-refractivity contribution >= 4 is 33.6 Å². The SMILES string of the molecule is CS(=O)(=O)c1ccc(-c2ccc(CN)s2)cc1.Cl. The number of rotatable bonds is 3. The quantitative estimate of drug-likeness (QED) is 0.948. The Morgan fingerprint density at radius 2 is 1.72 bits per heavy atom. The molecule has 1 aromatic carbocycles. The third-order valence-electron chi connectivity index (χ3n) is 2.43. The van der Waals surface area contributed by atoms with Crippen LogP contribution in [-0.2, 0) is 16.4 Å². The number of thiophene rings is 1. The Hall–Kier alpha value is -0.880. The molecule has 0 aliphatic carbocycles. The van der Waals surface area contributed by atoms with Crippen LogP contribution in [0.4, 0.5) is 0 Å². The Morgan fingerprint density at radius 1 is 1.11 bits per heavy atom. The predicted molar refractivity (Wildman–Crippen MR) is 78.0 cm³/mol. The van der Waals surface area contributed by atoms with Gasteiger partial charge in [-0.25, -0.2) is 8.42 Å². The van der Waals surface area contributed by atoms with E-state index >= 15 is 0 Å².